The number of ketones is 1. The van der Waals surface area contributed by atoms with Crippen molar-refractivity contribution >= 4 is 17.7 Å². The maximum atomic E-state index is 13.6. The number of halogens is 1. The van der Waals surface area contributed by atoms with Gasteiger partial charge in [0.2, 0.25) is 6.79 Å². The third-order valence-electron chi connectivity index (χ3n) is 7.30. The lowest BCUT2D eigenvalue weighted by Crippen LogP contribution is -2.44. The summed E-state index contributed by atoms with van der Waals surface area (Å²) in [6.45, 7) is 8.40. The average Bonchev–Trinajstić information content (AvgIpc) is 2.99. The first-order chi connectivity index (χ1) is 20.9. The minimum Gasteiger partial charge on any atom is -0.493 e. The quantitative estimate of drug-likeness (QED) is 0.108. The molecule has 0 aliphatic heterocycles. The molecule has 0 spiro atoms. The van der Waals surface area contributed by atoms with Crippen LogP contribution in [0.3, 0.4) is 0 Å². The second-order valence-electron chi connectivity index (χ2n) is 11.1. The number of nitrogens with zero attached hydrogens (tertiary/aromatic N) is 1. The summed E-state index contributed by atoms with van der Waals surface area (Å²) in [5.74, 6) is -2.85. The molecule has 0 amide bonds. The predicted molar refractivity (Wildman–Crippen MR) is 161 cm³/mol. The van der Waals surface area contributed by atoms with Crippen LogP contribution in [0.1, 0.15) is 62.7 Å². The molecular formula is C34H40FNO8. The van der Waals surface area contributed by atoms with Gasteiger partial charge in [-0.1, -0.05) is 49.4 Å². The van der Waals surface area contributed by atoms with Crippen molar-refractivity contribution < 1.29 is 42.5 Å². The van der Waals surface area contributed by atoms with Crippen LogP contribution in [0.5, 0.6) is 11.5 Å². The molecule has 3 rings (SSSR count). The first-order valence-electron chi connectivity index (χ1n) is 14.4. The van der Waals surface area contributed by atoms with E-state index in [0.717, 1.165) is 11.1 Å². The molecular weight excluding hydrogens is 569 g/mol. The average molecular weight is 610 g/mol. The Morgan fingerprint density at radius 3 is 2.27 bits per heavy atom. The zero-order valence-electron chi connectivity index (χ0n) is 26.0. The third kappa shape index (κ3) is 9.87. The van der Waals surface area contributed by atoms with Crippen LogP contribution >= 0.6 is 0 Å². The molecule has 3 aromatic rings. The fourth-order valence-electron chi connectivity index (χ4n) is 4.74. The van der Waals surface area contributed by atoms with Crippen molar-refractivity contribution in [1.82, 2.24) is 4.98 Å². The first-order valence-corrected chi connectivity index (χ1v) is 14.4. The fourth-order valence-corrected chi connectivity index (χ4v) is 4.74. The normalized spacial score (nSPS) is 13.3. The van der Waals surface area contributed by atoms with Gasteiger partial charge in [-0.2, -0.15) is 0 Å². The van der Waals surface area contributed by atoms with Gasteiger partial charge in [0.25, 0.3) is 0 Å². The summed E-state index contributed by atoms with van der Waals surface area (Å²) in [5.41, 5.74) is 1.06. The zero-order valence-corrected chi connectivity index (χ0v) is 26.0. The maximum absolute atomic E-state index is 13.6. The largest absolute Gasteiger partial charge is 0.493 e. The van der Waals surface area contributed by atoms with Crippen molar-refractivity contribution in [3.63, 3.8) is 0 Å². The lowest BCUT2D eigenvalue weighted by molar-refractivity contribution is -0.164. The van der Waals surface area contributed by atoms with Crippen LogP contribution in [0.4, 0.5) is 4.39 Å². The van der Waals surface area contributed by atoms with Gasteiger partial charge in [0.15, 0.2) is 23.0 Å². The lowest BCUT2D eigenvalue weighted by Gasteiger charge is -2.38. The Labute approximate surface area is 257 Å². The molecule has 0 aliphatic carbocycles. The minimum absolute atomic E-state index is 0.00635. The highest BCUT2D eigenvalue weighted by atomic mass is 19.1. The van der Waals surface area contributed by atoms with Gasteiger partial charge in [-0.3, -0.25) is 14.4 Å². The monoisotopic (exact) mass is 609 g/mol. The van der Waals surface area contributed by atoms with Gasteiger partial charge in [-0.15, -0.1) is 0 Å². The summed E-state index contributed by atoms with van der Waals surface area (Å²) in [5, 5.41) is 0. The van der Waals surface area contributed by atoms with Crippen molar-refractivity contribution in [2.75, 3.05) is 13.9 Å². The Kier molecular flexibility index (Phi) is 12.4. The summed E-state index contributed by atoms with van der Waals surface area (Å²) >= 11 is 0. The van der Waals surface area contributed by atoms with E-state index in [1.807, 2.05) is 44.2 Å². The van der Waals surface area contributed by atoms with Crippen molar-refractivity contribution in [2.45, 2.75) is 65.8 Å². The van der Waals surface area contributed by atoms with E-state index in [9.17, 15) is 18.8 Å². The Balaban J connectivity index is 1.74. The number of pyridine rings is 1. The molecule has 236 valence electrons. The molecule has 0 N–H and O–H groups in total. The second kappa shape index (κ2) is 16.0. The molecule has 0 fully saturated rings. The van der Waals surface area contributed by atoms with Crippen LogP contribution in [0.2, 0.25) is 0 Å². The highest BCUT2D eigenvalue weighted by molar-refractivity contribution is 5.99. The summed E-state index contributed by atoms with van der Waals surface area (Å²) < 4.78 is 41.5. The van der Waals surface area contributed by atoms with Crippen molar-refractivity contribution in [3.05, 3.63) is 89.5 Å². The number of carbonyl (C=O) groups is 3. The van der Waals surface area contributed by atoms with E-state index in [-0.39, 0.29) is 35.3 Å². The number of esters is 2. The number of rotatable bonds is 16. The van der Waals surface area contributed by atoms with Crippen LogP contribution in [-0.4, -0.2) is 48.3 Å². The number of methoxy groups -OCH3 is 1. The van der Waals surface area contributed by atoms with Crippen molar-refractivity contribution in [1.29, 1.82) is 0 Å². The minimum atomic E-state index is -0.820. The van der Waals surface area contributed by atoms with E-state index in [4.69, 9.17) is 23.7 Å². The Bertz CT molecular complexity index is 1390. The van der Waals surface area contributed by atoms with E-state index in [1.165, 1.54) is 38.4 Å². The number of carbonyl (C=O) groups excluding carboxylic acids is 3. The highest BCUT2D eigenvalue weighted by Crippen LogP contribution is 2.33. The molecule has 10 heteroatoms. The van der Waals surface area contributed by atoms with Gasteiger partial charge in [-0.25, -0.2) is 9.37 Å². The number of benzene rings is 2. The summed E-state index contributed by atoms with van der Waals surface area (Å²) in [4.78, 5) is 41.8. The Morgan fingerprint density at radius 1 is 0.955 bits per heavy atom. The van der Waals surface area contributed by atoms with Gasteiger partial charge in [0, 0.05) is 31.5 Å². The van der Waals surface area contributed by atoms with Crippen LogP contribution in [-0.2, 0) is 36.8 Å². The molecule has 2 aromatic carbocycles. The summed E-state index contributed by atoms with van der Waals surface area (Å²) in [6.07, 6.45) is 1.01. The number of hydrogen-bond donors (Lipinski definition) is 0. The van der Waals surface area contributed by atoms with E-state index >= 15 is 0 Å². The first kappa shape index (κ1) is 34.2. The van der Waals surface area contributed by atoms with E-state index in [0.29, 0.717) is 13.0 Å². The molecule has 0 saturated carbocycles. The van der Waals surface area contributed by atoms with Gasteiger partial charge in [0.05, 0.1) is 25.2 Å². The topological polar surface area (TPSA) is 110 Å². The van der Waals surface area contributed by atoms with Gasteiger partial charge >= 0.3 is 11.9 Å². The lowest BCUT2D eigenvalue weighted by atomic mass is 9.81. The van der Waals surface area contributed by atoms with E-state index in [1.54, 1.807) is 26.0 Å². The summed E-state index contributed by atoms with van der Waals surface area (Å²) in [6, 6.07) is 17.4. The Hall–Kier alpha value is -4.31. The molecule has 1 aromatic heterocycles. The molecule has 1 heterocycles. The number of aromatic nitrogens is 1. The molecule has 3 atom stereocenters. The van der Waals surface area contributed by atoms with Crippen molar-refractivity contribution in [2.24, 2.45) is 11.8 Å². The number of Topliss-reactive ketones (excluding diaryl/α,β-unsaturated/α-hetero) is 1. The number of ether oxygens (including phenoxy) is 5. The van der Waals surface area contributed by atoms with Gasteiger partial charge in [-0.05, 0) is 50.5 Å². The zero-order chi connectivity index (χ0) is 32.3. The van der Waals surface area contributed by atoms with Crippen LogP contribution in [0.15, 0.2) is 66.9 Å². The SMILES string of the molecule is COc1ccnc(C(=O)C[C@@H](C)C(=O)O[C@@H](C)[C@H](Cc2ccc(F)cc2)C(C)(C)OCc2ccccc2)c1OCOC(C)=O. The molecule has 0 saturated heterocycles. The van der Waals surface area contributed by atoms with Crippen LogP contribution in [0, 0.1) is 17.7 Å². The molecule has 0 unspecified atom stereocenters. The molecule has 0 aliphatic rings. The maximum Gasteiger partial charge on any atom is 0.309 e. The van der Waals surface area contributed by atoms with Gasteiger partial charge in [0.1, 0.15) is 11.9 Å². The van der Waals surface area contributed by atoms with Gasteiger partial charge < -0.3 is 23.7 Å². The van der Waals surface area contributed by atoms with Crippen LogP contribution in [0.25, 0.3) is 0 Å². The second-order valence-corrected chi connectivity index (χ2v) is 11.1. The predicted octanol–water partition coefficient (Wildman–Crippen LogP) is 6.12. The van der Waals surface area contributed by atoms with Crippen molar-refractivity contribution in [3.8, 4) is 11.5 Å². The van der Waals surface area contributed by atoms with E-state index < -0.39 is 42.1 Å². The highest BCUT2D eigenvalue weighted by Gasteiger charge is 2.38. The molecule has 9 nitrogen and oxygen atoms in total. The smallest absolute Gasteiger partial charge is 0.309 e. The van der Waals surface area contributed by atoms with Crippen LogP contribution < -0.4 is 9.47 Å². The third-order valence-corrected chi connectivity index (χ3v) is 7.30. The van der Waals surface area contributed by atoms with E-state index in [2.05, 4.69) is 4.98 Å². The summed E-state index contributed by atoms with van der Waals surface area (Å²) in [7, 11) is 1.40. The molecule has 0 bridgehead atoms. The fraction of sp³-hybridized carbons (Fsp3) is 0.412. The number of hydrogen-bond acceptors (Lipinski definition) is 9. The Morgan fingerprint density at radius 2 is 1.64 bits per heavy atom. The molecule has 0 radical (unpaired) electrons. The standard InChI is InChI=1S/C34H40FNO8/c1-22(18-29(38)31-32(42-21-41-24(3)37)30(40-6)16-17-36-31)33(39)44-23(2)28(19-25-12-14-27(35)15-13-25)34(4,5)43-20-26-10-8-7-9-11-26/h7-17,22-23,28H,18-21H2,1-6H3/t22-,23+,28+/m1/s1. The molecule has 44 heavy (non-hydrogen) atoms.